The second-order valence-corrected chi connectivity index (χ2v) is 26.1. The van der Waals surface area contributed by atoms with Gasteiger partial charge in [0.15, 0.2) is 22.8 Å². The average Bonchev–Trinajstić information content (AvgIpc) is 1.51. The number of esters is 12. The van der Waals surface area contributed by atoms with Crippen molar-refractivity contribution < 1.29 is 152 Å². The van der Waals surface area contributed by atoms with Crippen LogP contribution >= 0.6 is 0 Å². The summed E-state index contributed by atoms with van der Waals surface area (Å²) in [6, 6.07) is 32.1. The quantitative estimate of drug-likeness (QED) is 0.0220. The fourth-order valence-corrected chi connectivity index (χ4v) is 12.8. The molecule has 0 aromatic heterocycles. The second kappa shape index (κ2) is 35.6. The number of methoxy groups -OCH3 is 2. The Labute approximate surface area is 667 Å². The highest BCUT2D eigenvalue weighted by molar-refractivity contribution is 6.09. The summed E-state index contributed by atoms with van der Waals surface area (Å²) >= 11 is 0. The molecule has 2 unspecified atom stereocenters. The molecular weight excluding hydrogens is 1560 g/mol. The van der Waals surface area contributed by atoms with Crippen molar-refractivity contribution in [1.29, 1.82) is 0 Å². The van der Waals surface area contributed by atoms with Crippen LogP contribution in [0.25, 0.3) is 0 Å². The Morgan fingerprint density at radius 3 is 1.18 bits per heavy atom. The smallest absolute Gasteiger partial charge is 0.340 e. The molecule has 4 heterocycles. The van der Waals surface area contributed by atoms with E-state index in [0.717, 1.165) is 58.4 Å². The standard InChI is InChI=1S/C41H34F2N2O15.C41H36N2O15/c1-20-10-33-28(13-30(20)42)41(29-14-31(43)35(58-23(4)48)15-34(29)59-33)27-8-6-24(11-26(27)40(52)60-41)39(51)44-25-7-9-32(36(12-25)53-5)45(16-37(49)56-18-54-21(2)46)17-38(50)57-19-55-22(3)47;1-22-6-10-31-34(14-22)57-35-17-28(56-25(4)46)9-12-32(35)41(31)30-11-7-26(15-29(30)40(50)58-41)39(49)42-27-8-13-33(36(16-27)51-5)43(18-37(47)54-20-52-23(2)44)19-38(48)55-21-53-24(3)45/h6-15H,16-19H2,1-5H3,(H,44,51);6-17H,18-21H2,1-5H3,(H,42,49). The molecule has 0 radical (unpaired) electrons. The lowest BCUT2D eigenvalue weighted by Crippen LogP contribution is -2.37. The van der Waals surface area contributed by atoms with Gasteiger partial charge in [0.05, 0.1) is 47.8 Å². The number of aryl methyl sites for hydroxylation is 2. The third-order valence-electron chi connectivity index (χ3n) is 17.9. The van der Waals surface area contributed by atoms with Crippen molar-refractivity contribution in [2.75, 3.05) is 88.0 Å². The van der Waals surface area contributed by atoms with Gasteiger partial charge in [0.1, 0.15) is 72.2 Å². The van der Waals surface area contributed by atoms with Gasteiger partial charge in [-0.3, -0.25) is 57.5 Å². The lowest BCUT2D eigenvalue weighted by molar-refractivity contribution is -0.167. The molecule has 2 N–H and O–H groups in total. The van der Waals surface area contributed by atoms with Gasteiger partial charge in [0, 0.05) is 111 Å². The maximum atomic E-state index is 15.4. The molecule has 0 aliphatic carbocycles. The van der Waals surface area contributed by atoms with Crippen molar-refractivity contribution in [3.8, 4) is 46.0 Å². The number of rotatable bonds is 26. The van der Waals surface area contributed by atoms with Crippen LogP contribution in [0.3, 0.4) is 0 Å². The predicted molar refractivity (Wildman–Crippen MR) is 399 cm³/mol. The Kier molecular flexibility index (Phi) is 25.3. The summed E-state index contributed by atoms with van der Waals surface area (Å²) in [5.41, 5.74) is 0.236. The minimum absolute atomic E-state index is 0.0301. The van der Waals surface area contributed by atoms with E-state index in [9.17, 15) is 67.1 Å². The largest absolute Gasteiger partial charge is 0.495 e. The molecule has 4 aliphatic rings. The number of amides is 2. The van der Waals surface area contributed by atoms with E-state index < -0.39 is 165 Å². The summed E-state index contributed by atoms with van der Waals surface area (Å²) in [5.74, 6) is -11.5. The van der Waals surface area contributed by atoms with Crippen molar-refractivity contribution in [3.63, 3.8) is 0 Å². The number of benzene rings is 8. The fraction of sp³-hybridized carbons (Fsp3) is 0.244. The first-order valence-corrected chi connectivity index (χ1v) is 35.2. The van der Waals surface area contributed by atoms with Gasteiger partial charge in [-0.2, -0.15) is 0 Å². The summed E-state index contributed by atoms with van der Waals surface area (Å²) in [6.07, 6.45) is 0. The first-order chi connectivity index (χ1) is 56.2. The molecule has 118 heavy (non-hydrogen) atoms. The molecule has 2 spiro atoms. The van der Waals surface area contributed by atoms with Crippen molar-refractivity contribution in [2.24, 2.45) is 0 Å². The number of fused-ring (bicyclic) bond motifs is 12. The van der Waals surface area contributed by atoms with E-state index in [2.05, 4.69) is 29.6 Å². The van der Waals surface area contributed by atoms with E-state index in [4.69, 9.17) is 56.8 Å². The van der Waals surface area contributed by atoms with Crippen molar-refractivity contribution in [3.05, 3.63) is 212 Å². The predicted octanol–water partition coefficient (Wildman–Crippen LogP) is 9.64. The Bertz CT molecular complexity index is 5420. The molecular formula is C82H70F2N4O30. The summed E-state index contributed by atoms with van der Waals surface area (Å²) in [4.78, 5) is 175. The van der Waals surface area contributed by atoms with E-state index in [1.807, 2.05) is 19.1 Å². The van der Waals surface area contributed by atoms with Crippen LogP contribution in [0.2, 0.25) is 0 Å². The molecule has 0 saturated heterocycles. The van der Waals surface area contributed by atoms with Crippen LogP contribution in [0.15, 0.2) is 133 Å². The van der Waals surface area contributed by atoms with Gasteiger partial charge in [-0.25, -0.2) is 18.4 Å². The molecule has 8 aromatic rings. The summed E-state index contributed by atoms with van der Waals surface area (Å²) in [6.45, 7) is 5.32. The second-order valence-electron chi connectivity index (χ2n) is 26.1. The molecule has 2 amide bonds. The van der Waals surface area contributed by atoms with Crippen LogP contribution < -0.4 is 48.9 Å². The lowest BCUT2D eigenvalue weighted by atomic mass is 9.77. The number of halogens is 2. The zero-order valence-corrected chi connectivity index (χ0v) is 64.3. The Morgan fingerprint density at radius 2 is 0.763 bits per heavy atom. The van der Waals surface area contributed by atoms with E-state index >= 15 is 8.78 Å². The third kappa shape index (κ3) is 18.6. The number of nitrogens with zero attached hydrogens (tertiary/aromatic N) is 2. The highest BCUT2D eigenvalue weighted by Crippen LogP contribution is 2.59. The van der Waals surface area contributed by atoms with Crippen LogP contribution in [0, 0.1) is 25.5 Å². The topological polar surface area (TPSA) is 417 Å². The number of nitrogens with one attached hydrogen (secondary N) is 2. The monoisotopic (exact) mass is 1630 g/mol. The molecule has 8 aromatic carbocycles. The molecule has 0 bridgehead atoms. The number of hydrogen-bond donors (Lipinski definition) is 2. The summed E-state index contributed by atoms with van der Waals surface area (Å²) in [5, 5.41) is 5.44. The number of anilines is 4. The normalized spacial score (nSPS) is 14.3. The maximum Gasteiger partial charge on any atom is 0.340 e. The number of carbonyl (C=O) groups is 14. The van der Waals surface area contributed by atoms with E-state index in [1.54, 1.807) is 36.4 Å². The van der Waals surface area contributed by atoms with Crippen molar-refractivity contribution in [2.45, 2.75) is 66.6 Å². The van der Waals surface area contributed by atoms with Crippen LogP contribution in [0.5, 0.6) is 46.0 Å². The first kappa shape index (κ1) is 83.9. The van der Waals surface area contributed by atoms with Crippen LogP contribution in [0.4, 0.5) is 31.5 Å². The number of carbonyl (C=O) groups excluding carboxylic acids is 14. The van der Waals surface area contributed by atoms with Crippen LogP contribution in [-0.4, -0.2) is 151 Å². The summed E-state index contributed by atoms with van der Waals surface area (Å²) < 4.78 is 115. The van der Waals surface area contributed by atoms with Gasteiger partial charge < -0.3 is 96.2 Å². The van der Waals surface area contributed by atoms with Crippen molar-refractivity contribution >= 4 is 106 Å². The molecule has 612 valence electrons. The Morgan fingerprint density at radius 1 is 0.381 bits per heavy atom. The number of ether oxygens (including phenoxy) is 16. The van der Waals surface area contributed by atoms with E-state index in [0.29, 0.717) is 28.2 Å². The Hall–Kier alpha value is -15.0. The molecule has 4 aliphatic heterocycles. The Balaban J connectivity index is 0.000000232. The van der Waals surface area contributed by atoms with E-state index in [1.165, 1.54) is 105 Å². The lowest BCUT2D eigenvalue weighted by Gasteiger charge is -2.36. The SMILES string of the molecule is COc1cc(NC(=O)c2ccc3c(c2)C(=O)OC32c3cc(F)c(C)cc3Oc3cc(OC(C)=O)c(F)cc32)ccc1N(CC(=O)OCOC(C)=O)CC(=O)OCOC(C)=O.COc1cc(NC(=O)c2ccc3c(c2)C(=O)OC32c3ccc(C)cc3Oc3cc(OC(C)=O)ccc32)ccc1N(CC(=O)OCOC(C)=O)CC(=O)OCOC(C)=O. The fourth-order valence-electron chi connectivity index (χ4n) is 12.8. The van der Waals surface area contributed by atoms with Gasteiger partial charge >= 0.3 is 71.6 Å². The maximum absolute atomic E-state index is 15.4. The highest BCUT2D eigenvalue weighted by atomic mass is 19.1. The first-order valence-electron chi connectivity index (χ1n) is 35.2. The van der Waals surface area contributed by atoms with Crippen LogP contribution in [0.1, 0.15) is 127 Å². The zero-order valence-electron chi connectivity index (χ0n) is 64.3. The average molecular weight is 1630 g/mol. The molecule has 2 atom stereocenters. The highest BCUT2D eigenvalue weighted by Gasteiger charge is 2.56. The molecule has 34 nitrogen and oxygen atoms in total. The third-order valence-corrected chi connectivity index (χ3v) is 17.9. The van der Waals surface area contributed by atoms with Gasteiger partial charge in [-0.1, -0.05) is 24.3 Å². The molecule has 0 fully saturated rings. The van der Waals surface area contributed by atoms with Gasteiger partial charge in [0.25, 0.3) is 11.8 Å². The molecule has 0 saturated carbocycles. The van der Waals surface area contributed by atoms with Crippen molar-refractivity contribution in [1.82, 2.24) is 0 Å². The van der Waals surface area contributed by atoms with Crippen LogP contribution in [-0.2, 0) is 107 Å². The molecule has 36 heteroatoms. The summed E-state index contributed by atoms with van der Waals surface area (Å²) in [7, 11) is 2.61. The minimum Gasteiger partial charge on any atom is -0.495 e. The number of hydrogen-bond acceptors (Lipinski definition) is 32. The zero-order chi connectivity index (χ0) is 85.2. The molecule has 12 rings (SSSR count). The van der Waals surface area contributed by atoms with Gasteiger partial charge in [0.2, 0.25) is 27.2 Å². The minimum atomic E-state index is -1.94. The van der Waals surface area contributed by atoms with Gasteiger partial charge in [-0.15, -0.1) is 0 Å². The van der Waals surface area contributed by atoms with E-state index in [-0.39, 0.29) is 96.0 Å². The van der Waals surface area contributed by atoms with Gasteiger partial charge in [-0.05, 0) is 110 Å².